The zero-order valence-electron chi connectivity index (χ0n) is 17.1. The molecule has 5 nitrogen and oxygen atoms in total. The van der Waals surface area contributed by atoms with Gasteiger partial charge in [0.1, 0.15) is 11.3 Å². The number of benzene rings is 2. The summed E-state index contributed by atoms with van der Waals surface area (Å²) in [6, 6.07) is 20.6. The predicted octanol–water partition coefficient (Wildman–Crippen LogP) is 4.55. The Bertz CT molecular complexity index is 1080. The lowest BCUT2D eigenvalue weighted by Gasteiger charge is -2.31. The molecule has 3 heterocycles. The van der Waals surface area contributed by atoms with Crippen molar-refractivity contribution >= 4 is 11.0 Å². The van der Waals surface area contributed by atoms with Crippen LogP contribution in [0.2, 0.25) is 0 Å². The summed E-state index contributed by atoms with van der Waals surface area (Å²) in [7, 11) is 0. The first-order valence-electron chi connectivity index (χ1n) is 10.7. The van der Waals surface area contributed by atoms with Crippen LogP contribution < -0.4 is 0 Å². The molecule has 154 valence electrons. The minimum absolute atomic E-state index is 0.264. The van der Waals surface area contributed by atoms with E-state index in [9.17, 15) is 5.11 Å². The van der Waals surface area contributed by atoms with E-state index in [1.54, 1.807) is 0 Å². The normalized spacial score (nSPS) is 17.6. The maximum absolute atomic E-state index is 9.60. The first kappa shape index (κ1) is 19.1. The van der Waals surface area contributed by atoms with E-state index >= 15 is 0 Å². The first-order valence-corrected chi connectivity index (χ1v) is 10.7. The maximum atomic E-state index is 9.60. The third-order valence-corrected chi connectivity index (χ3v) is 5.94. The van der Waals surface area contributed by atoms with E-state index in [1.165, 1.54) is 11.1 Å². The lowest BCUT2D eigenvalue weighted by molar-refractivity contribution is 0.116. The van der Waals surface area contributed by atoms with Crippen LogP contribution >= 0.6 is 0 Å². The van der Waals surface area contributed by atoms with E-state index < -0.39 is 0 Å². The highest BCUT2D eigenvalue weighted by Gasteiger charge is 2.23. The standard InChI is InChI=1S/C25H27N3O2/c29-18-20-9-6-12-27(14-20)16-22-17-28(15-19-7-2-1-3-8-19)26-25(22)24-13-21-10-4-5-11-23(21)30-24/h1-5,7-8,10-11,13,17,20,29H,6,9,12,14-16,18H2/t20-/m1/s1. The summed E-state index contributed by atoms with van der Waals surface area (Å²) in [5.74, 6) is 1.18. The molecule has 30 heavy (non-hydrogen) atoms. The second-order valence-electron chi connectivity index (χ2n) is 8.26. The summed E-state index contributed by atoms with van der Waals surface area (Å²) in [6.45, 7) is 3.80. The third-order valence-electron chi connectivity index (χ3n) is 5.94. The van der Waals surface area contributed by atoms with Crippen LogP contribution in [-0.2, 0) is 13.1 Å². The van der Waals surface area contributed by atoms with Crippen molar-refractivity contribution in [3.05, 3.63) is 78.0 Å². The molecule has 4 aromatic rings. The van der Waals surface area contributed by atoms with Crippen LogP contribution in [0.25, 0.3) is 22.4 Å². The van der Waals surface area contributed by atoms with Gasteiger partial charge in [-0.15, -0.1) is 0 Å². The van der Waals surface area contributed by atoms with Crippen LogP contribution in [-0.4, -0.2) is 39.5 Å². The Morgan fingerprint density at radius 3 is 2.70 bits per heavy atom. The molecule has 0 spiro atoms. The maximum Gasteiger partial charge on any atom is 0.156 e. The van der Waals surface area contributed by atoms with Crippen molar-refractivity contribution in [2.75, 3.05) is 19.7 Å². The molecule has 1 aliphatic heterocycles. The van der Waals surface area contributed by atoms with E-state index in [0.29, 0.717) is 5.92 Å². The van der Waals surface area contributed by atoms with Crippen LogP contribution in [0.5, 0.6) is 0 Å². The molecule has 1 fully saturated rings. The minimum Gasteiger partial charge on any atom is -0.454 e. The number of rotatable bonds is 6. The number of likely N-dealkylation sites (tertiary alicyclic amines) is 1. The summed E-state index contributed by atoms with van der Waals surface area (Å²) in [6.07, 6.45) is 4.39. The van der Waals surface area contributed by atoms with Gasteiger partial charge in [-0.1, -0.05) is 48.5 Å². The van der Waals surface area contributed by atoms with Gasteiger partial charge < -0.3 is 9.52 Å². The second kappa shape index (κ2) is 8.46. The van der Waals surface area contributed by atoms with Crippen LogP contribution in [0.4, 0.5) is 0 Å². The molecule has 1 N–H and O–H groups in total. The van der Waals surface area contributed by atoms with Crippen molar-refractivity contribution in [2.24, 2.45) is 5.92 Å². The van der Waals surface area contributed by atoms with Gasteiger partial charge in [0, 0.05) is 36.8 Å². The summed E-state index contributed by atoms with van der Waals surface area (Å²) in [5, 5.41) is 15.6. The van der Waals surface area contributed by atoms with Gasteiger partial charge in [-0.2, -0.15) is 5.10 Å². The van der Waals surface area contributed by atoms with Gasteiger partial charge >= 0.3 is 0 Å². The Morgan fingerprint density at radius 2 is 1.87 bits per heavy atom. The zero-order chi connectivity index (χ0) is 20.3. The van der Waals surface area contributed by atoms with Crippen LogP contribution in [0.3, 0.4) is 0 Å². The molecule has 0 saturated carbocycles. The van der Waals surface area contributed by atoms with Crippen LogP contribution in [0, 0.1) is 5.92 Å². The van der Waals surface area contributed by atoms with E-state index in [0.717, 1.165) is 61.4 Å². The number of aromatic nitrogens is 2. The monoisotopic (exact) mass is 401 g/mol. The molecule has 0 amide bonds. The molecule has 2 aromatic heterocycles. The number of piperidine rings is 1. The topological polar surface area (TPSA) is 54.4 Å². The quantitative estimate of drug-likeness (QED) is 0.515. The fourth-order valence-electron chi connectivity index (χ4n) is 4.42. The minimum atomic E-state index is 0.264. The molecular weight excluding hydrogens is 374 g/mol. The molecule has 5 rings (SSSR count). The predicted molar refractivity (Wildman–Crippen MR) is 118 cm³/mol. The molecule has 1 aliphatic rings. The van der Waals surface area contributed by atoms with Crippen molar-refractivity contribution in [1.29, 1.82) is 0 Å². The number of para-hydroxylation sites is 1. The molecule has 0 aliphatic carbocycles. The Morgan fingerprint density at radius 1 is 1.03 bits per heavy atom. The zero-order valence-corrected chi connectivity index (χ0v) is 17.1. The number of hydrogen-bond donors (Lipinski definition) is 1. The van der Waals surface area contributed by atoms with E-state index in [-0.39, 0.29) is 6.61 Å². The molecule has 0 bridgehead atoms. The van der Waals surface area contributed by atoms with E-state index in [4.69, 9.17) is 9.52 Å². The number of nitrogens with zero attached hydrogens (tertiary/aromatic N) is 3. The summed E-state index contributed by atoms with van der Waals surface area (Å²) >= 11 is 0. The number of aliphatic hydroxyl groups excluding tert-OH is 1. The van der Waals surface area contributed by atoms with Crippen LogP contribution in [0.15, 0.2) is 71.3 Å². The van der Waals surface area contributed by atoms with Gasteiger partial charge in [0.25, 0.3) is 0 Å². The highest BCUT2D eigenvalue weighted by atomic mass is 16.3. The van der Waals surface area contributed by atoms with Crippen molar-refractivity contribution in [3.8, 4) is 11.5 Å². The number of aliphatic hydroxyl groups is 1. The SMILES string of the molecule is OC[C@@H]1CCCN(Cc2cn(Cc3ccccc3)nc2-c2cc3ccccc3o2)C1. The average Bonchev–Trinajstić information content (AvgIpc) is 3.38. The van der Waals surface area contributed by atoms with Crippen molar-refractivity contribution in [3.63, 3.8) is 0 Å². The summed E-state index contributed by atoms with van der Waals surface area (Å²) < 4.78 is 8.17. The molecule has 2 aromatic carbocycles. The van der Waals surface area contributed by atoms with E-state index in [1.807, 2.05) is 28.9 Å². The molecule has 1 saturated heterocycles. The highest BCUT2D eigenvalue weighted by Crippen LogP contribution is 2.30. The molecule has 1 atom stereocenters. The van der Waals surface area contributed by atoms with Gasteiger partial charge in [0.05, 0.1) is 6.54 Å². The smallest absolute Gasteiger partial charge is 0.156 e. The molecule has 0 unspecified atom stereocenters. The Labute approximate surface area is 176 Å². The third kappa shape index (κ3) is 4.04. The van der Waals surface area contributed by atoms with Gasteiger partial charge in [0.2, 0.25) is 0 Å². The highest BCUT2D eigenvalue weighted by molar-refractivity contribution is 5.82. The van der Waals surface area contributed by atoms with Gasteiger partial charge in [-0.3, -0.25) is 9.58 Å². The summed E-state index contributed by atoms with van der Waals surface area (Å²) in [4.78, 5) is 2.43. The number of hydrogen-bond acceptors (Lipinski definition) is 4. The average molecular weight is 402 g/mol. The van der Waals surface area contributed by atoms with Gasteiger partial charge in [-0.25, -0.2) is 0 Å². The van der Waals surface area contributed by atoms with Gasteiger partial charge in [-0.05, 0) is 43.0 Å². The lowest BCUT2D eigenvalue weighted by atomic mass is 9.98. The lowest BCUT2D eigenvalue weighted by Crippen LogP contribution is -2.36. The molecule has 5 heteroatoms. The Hall–Kier alpha value is -2.89. The first-order chi connectivity index (χ1) is 14.8. The van der Waals surface area contributed by atoms with Gasteiger partial charge in [0.15, 0.2) is 5.76 Å². The largest absolute Gasteiger partial charge is 0.454 e. The number of furan rings is 1. The Kier molecular flexibility index (Phi) is 5.39. The van der Waals surface area contributed by atoms with Crippen molar-refractivity contribution < 1.29 is 9.52 Å². The fraction of sp³-hybridized carbons (Fsp3) is 0.320. The van der Waals surface area contributed by atoms with Crippen molar-refractivity contribution in [2.45, 2.75) is 25.9 Å². The molecular formula is C25H27N3O2. The Balaban J connectivity index is 1.48. The summed E-state index contributed by atoms with van der Waals surface area (Å²) in [5.41, 5.74) is 4.19. The van der Waals surface area contributed by atoms with E-state index in [2.05, 4.69) is 47.5 Å². The fourth-order valence-corrected chi connectivity index (χ4v) is 4.42. The van der Waals surface area contributed by atoms with Crippen LogP contribution in [0.1, 0.15) is 24.0 Å². The second-order valence-corrected chi connectivity index (χ2v) is 8.26. The van der Waals surface area contributed by atoms with Crippen molar-refractivity contribution in [1.82, 2.24) is 14.7 Å². The number of fused-ring (bicyclic) bond motifs is 1. The molecule has 0 radical (unpaired) electrons.